The topological polar surface area (TPSA) is 214 Å². The van der Waals surface area contributed by atoms with Crippen molar-refractivity contribution in [2.75, 3.05) is 33.0 Å². The van der Waals surface area contributed by atoms with Crippen molar-refractivity contribution in [1.29, 1.82) is 0 Å². The number of ether oxygens (including phenoxy) is 6. The number of hydrogen-bond donors (Lipinski definition) is 7. The number of rotatable bonds is 37. The van der Waals surface area contributed by atoms with Gasteiger partial charge in [-0.25, -0.2) is 0 Å². The maximum atomic E-state index is 12.9. The molecule has 0 aromatic carbocycles. The second kappa shape index (κ2) is 35.8. The number of carbonyl (C=O) groups excluding carboxylic acids is 1. The van der Waals surface area contributed by atoms with E-state index in [9.17, 15) is 40.5 Å². The zero-order valence-electron chi connectivity index (χ0n) is 37.7. The fourth-order valence-electron chi connectivity index (χ4n) is 7.49. The third kappa shape index (κ3) is 24.4. The van der Waals surface area contributed by atoms with Crippen LogP contribution in [0.4, 0.5) is 0 Å². The second-order valence-corrected chi connectivity index (χ2v) is 16.9. The molecule has 2 aliphatic heterocycles. The highest BCUT2D eigenvalue weighted by atomic mass is 16.7. The third-order valence-corrected chi connectivity index (χ3v) is 11.5. The second-order valence-electron chi connectivity index (χ2n) is 16.9. The average Bonchev–Trinajstić information content (AvgIpc) is 3.25. The molecule has 2 aliphatic rings. The average molecular weight is 875 g/mol. The Morgan fingerprint density at radius 2 is 1.02 bits per heavy atom. The van der Waals surface area contributed by atoms with Gasteiger partial charge in [0.25, 0.3) is 0 Å². The summed E-state index contributed by atoms with van der Waals surface area (Å²) in [6.45, 7) is 3.62. The minimum Gasteiger partial charge on any atom is -0.457 e. The van der Waals surface area contributed by atoms with E-state index in [1.165, 1.54) is 89.9 Å². The predicted octanol–water partition coefficient (Wildman–Crippen LogP) is 6.07. The molecule has 0 radical (unpaired) electrons. The molecule has 0 spiro atoms. The number of allylic oxidation sites excluding steroid dienone is 4. The molecule has 61 heavy (non-hydrogen) atoms. The Kier molecular flexibility index (Phi) is 32.6. The molecule has 0 aromatic heterocycles. The lowest BCUT2D eigenvalue weighted by molar-refractivity contribution is -0.332. The first-order valence-corrected chi connectivity index (χ1v) is 23.9. The Morgan fingerprint density at radius 1 is 0.541 bits per heavy atom. The number of esters is 1. The van der Waals surface area contributed by atoms with Crippen LogP contribution in [0.15, 0.2) is 24.3 Å². The molecule has 7 N–H and O–H groups in total. The normalized spacial score (nSPS) is 27.6. The van der Waals surface area contributed by atoms with Gasteiger partial charge in [-0.3, -0.25) is 4.79 Å². The van der Waals surface area contributed by atoms with Crippen molar-refractivity contribution in [3.05, 3.63) is 24.3 Å². The van der Waals surface area contributed by atoms with Crippen LogP contribution in [0, 0.1) is 0 Å². The Balaban J connectivity index is 1.76. The molecule has 0 aliphatic carbocycles. The van der Waals surface area contributed by atoms with E-state index < -0.39 is 80.7 Å². The van der Waals surface area contributed by atoms with E-state index >= 15 is 0 Å². The molecule has 0 saturated carbocycles. The summed E-state index contributed by atoms with van der Waals surface area (Å²) in [6.07, 6.45) is 19.7. The van der Waals surface area contributed by atoms with E-state index in [1.807, 2.05) is 0 Å². The van der Waals surface area contributed by atoms with Crippen molar-refractivity contribution in [1.82, 2.24) is 0 Å². The Bertz CT molecular complexity index is 1110. The predicted molar refractivity (Wildman–Crippen MR) is 233 cm³/mol. The van der Waals surface area contributed by atoms with Crippen molar-refractivity contribution in [3.8, 4) is 0 Å². The smallest absolute Gasteiger partial charge is 0.306 e. The monoisotopic (exact) mass is 875 g/mol. The van der Waals surface area contributed by atoms with Crippen LogP contribution in [0.1, 0.15) is 168 Å². The first kappa shape index (κ1) is 55.6. The molecule has 14 nitrogen and oxygen atoms in total. The summed E-state index contributed by atoms with van der Waals surface area (Å²) in [5.41, 5.74) is 0. The van der Waals surface area contributed by atoms with Crippen LogP contribution in [0.5, 0.6) is 0 Å². The highest BCUT2D eigenvalue weighted by molar-refractivity contribution is 5.69. The lowest BCUT2D eigenvalue weighted by Crippen LogP contribution is -2.61. The van der Waals surface area contributed by atoms with E-state index in [-0.39, 0.29) is 25.6 Å². The minimum absolute atomic E-state index is 0.0604. The number of unbranched alkanes of at least 4 members (excludes halogenated alkanes) is 19. The van der Waals surface area contributed by atoms with Gasteiger partial charge >= 0.3 is 5.97 Å². The standard InChI is InChI=1S/C47H86O14/c1-3-5-7-9-11-13-14-15-16-17-18-19-20-21-23-25-27-29-31-56-33-36(59-39(49)30-28-26-24-22-12-10-8-6-4-2)34-57-46-45(55)43(53)41(51)38(61-46)35-58-47-44(54)42(52)40(50)37(32-48)60-47/h11,13,15-16,36-38,40-48,50-55H,3-10,12,14,17-35H2,1-2H3/b13-11-,16-15-. The Labute approximate surface area is 367 Å². The lowest BCUT2D eigenvalue weighted by Gasteiger charge is -2.42. The van der Waals surface area contributed by atoms with Crippen LogP contribution in [0.2, 0.25) is 0 Å². The largest absolute Gasteiger partial charge is 0.457 e. The summed E-state index contributed by atoms with van der Waals surface area (Å²) in [4.78, 5) is 12.9. The zero-order valence-corrected chi connectivity index (χ0v) is 37.7. The molecular formula is C47H86O14. The highest BCUT2D eigenvalue weighted by Gasteiger charge is 2.47. The number of hydrogen-bond acceptors (Lipinski definition) is 14. The number of aliphatic hydroxyl groups is 7. The van der Waals surface area contributed by atoms with E-state index in [0.717, 1.165) is 51.4 Å². The molecule has 358 valence electrons. The van der Waals surface area contributed by atoms with Gasteiger partial charge in [-0.2, -0.15) is 0 Å². The van der Waals surface area contributed by atoms with Gasteiger partial charge in [0, 0.05) is 13.0 Å². The van der Waals surface area contributed by atoms with Gasteiger partial charge in [-0.05, 0) is 44.9 Å². The quantitative estimate of drug-likeness (QED) is 0.0215. The van der Waals surface area contributed by atoms with Crippen molar-refractivity contribution in [2.45, 2.75) is 235 Å². The van der Waals surface area contributed by atoms with Gasteiger partial charge in [-0.1, -0.05) is 141 Å². The molecule has 0 aromatic rings. The maximum absolute atomic E-state index is 12.9. The lowest BCUT2D eigenvalue weighted by atomic mass is 9.98. The maximum Gasteiger partial charge on any atom is 0.306 e. The van der Waals surface area contributed by atoms with E-state index in [4.69, 9.17) is 28.4 Å². The van der Waals surface area contributed by atoms with Gasteiger partial charge in [0.15, 0.2) is 12.6 Å². The molecule has 2 fully saturated rings. The summed E-state index contributed by atoms with van der Waals surface area (Å²) in [6, 6.07) is 0. The van der Waals surface area contributed by atoms with Gasteiger partial charge in [-0.15, -0.1) is 0 Å². The summed E-state index contributed by atoms with van der Waals surface area (Å²) < 4.78 is 34.1. The zero-order chi connectivity index (χ0) is 44.5. The first-order valence-electron chi connectivity index (χ1n) is 23.9. The molecule has 2 heterocycles. The number of aliphatic hydroxyl groups excluding tert-OH is 7. The van der Waals surface area contributed by atoms with Crippen LogP contribution < -0.4 is 0 Å². The van der Waals surface area contributed by atoms with Crippen molar-refractivity contribution in [2.24, 2.45) is 0 Å². The van der Waals surface area contributed by atoms with Gasteiger partial charge in [0.2, 0.25) is 0 Å². The van der Waals surface area contributed by atoms with Crippen molar-refractivity contribution in [3.63, 3.8) is 0 Å². The molecule has 0 bridgehead atoms. The van der Waals surface area contributed by atoms with Crippen LogP contribution in [-0.4, -0.2) is 142 Å². The van der Waals surface area contributed by atoms with Crippen LogP contribution >= 0.6 is 0 Å². The van der Waals surface area contributed by atoms with Crippen molar-refractivity contribution < 1.29 is 69.0 Å². The Morgan fingerprint density at radius 3 is 1.61 bits per heavy atom. The molecule has 11 unspecified atom stereocenters. The van der Waals surface area contributed by atoms with Crippen LogP contribution in [0.3, 0.4) is 0 Å². The highest BCUT2D eigenvalue weighted by Crippen LogP contribution is 2.26. The van der Waals surface area contributed by atoms with Crippen LogP contribution in [-0.2, 0) is 33.2 Å². The SMILES string of the molecule is CCCCC/C=C\C/C=C\CCCCCCCCCCOCC(COC1OC(COC2OC(CO)C(O)C(O)C2O)C(O)C(O)C1O)OC(=O)CCCCCCCCCCC. The summed E-state index contributed by atoms with van der Waals surface area (Å²) in [5.74, 6) is -0.382. The number of carbonyl (C=O) groups is 1. The fraction of sp³-hybridized carbons (Fsp3) is 0.894. The van der Waals surface area contributed by atoms with Crippen molar-refractivity contribution >= 4 is 5.97 Å². The van der Waals surface area contributed by atoms with E-state index in [2.05, 4.69) is 38.2 Å². The molecule has 14 heteroatoms. The fourth-order valence-corrected chi connectivity index (χ4v) is 7.49. The summed E-state index contributed by atoms with van der Waals surface area (Å²) >= 11 is 0. The summed E-state index contributed by atoms with van der Waals surface area (Å²) in [7, 11) is 0. The van der Waals surface area contributed by atoms with Crippen LogP contribution in [0.25, 0.3) is 0 Å². The van der Waals surface area contributed by atoms with Gasteiger partial charge in [0.1, 0.15) is 54.9 Å². The Hall–Kier alpha value is -1.53. The molecular weight excluding hydrogens is 789 g/mol. The first-order chi connectivity index (χ1) is 29.6. The minimum atomic E-state index is -1.70. The van der Waals surface area contributed by atoms with Gasteiger partial charge < -0.3 is 64.2 Å². The van der Waals surface area contributed by atoms with Gasteiger partial charge in [0.05, 0.1) is 26.4 Å². The molecule has 11 atom stereocenters. The molecule has 2 rings (SSSR count). The third-order valence-electron chi connectivity index (χ3n) is 11.5. The van der Waals surface area contributed by atoms with E-state index in [0.29, 0.717) is 13.0 Å². The summed E-state index contributed by atoms with van der Waals surface area (Å²) in [5, 5.41) is 71.9. The van der Waals surface area contributed by atoms with E-state index in [1.54, 1.807) is 0 Å². The molecule has 2 saturated heterocycles. The molecule has 0 amide bonds.